The third-order valence-electron chi connectivity index (χ3n) is 2.86. The van der Waals surface area contributed by atoms with Crippen molar-refractivity contribution in [2.24, 2.45) is 0 Å². The van der Waals surface area contributed by atoms with Gasteiger partial charge in [0.25, 0.3) is 0 Å². The molecule has 0 unspecified atom stereocenters. The summed E-state index contributed by atoms with van der Waals surface area (Å²) < 4.78 is 0. The molecule has 0 saturated carbocycles. The maximum absolute atomic E-state index is 2.52. The minimum absolute atomic E-state index is 1.24. The highest BCUT2D eigenvalue weighted by molar-refractivity contribution is 5.59. The normalized spacial score (nSPS) is 16.6. The van der Waals surface area contributed by atoms with Crippen molar-refractivity contribution >= 4 is 5.69 Å². The fourth-order valence-corrected chi connectivity index (χ4v) is 2.25. The van der Waals surface area contributed by atoms with Gasteiger partial charge in [-0.15, -0.1) is 0 Å². The summed E-state index contributed by atoms with van der Waals surface area (Å²) in [6, 6.07) is 6.56. The largest absolute Gasteiger partial charge is 0.371 e. The first-order valence-corrected chi connectivity index (χ1v) is 5.10. The average molecular weight is 175 g/mol. The third-order valence-corrected chi connectivity index (χ3v) is 2.86. The highest BCUT2D eigenvalue weighted by atomic mass is 15.1. The number of aryl methyl sites for hydroxylation is 2. The summed E-state index contributed by atoms with van der Waals surface area (Å²) in [6.07, 6.45) is 2.71. The molecule has 0 amide bonds. The van der Waals surface area contributed by atoms with E-state index in [1.165, 1.54) is 42.7 Å². The van der Waals surface area contributed by atoms with Crippen LogP contribution in [0.3, 0.4) is 0 Å². The van der Waals surface area contributed by atoms with Gasteiger partial charge < -0.3 is 4.90 Å². The van der Waals surface area contributed by atoms with Gasteiger partial charge in [0, 0.05) is 18.8 Å². The lowest BCUT2D eigenvalue weighted by Crippen LogP contribution is -2.19. The van der Waals surface area contributed by atoms with Crippen LogP contribution in [0, 0.1) is 13.8 Å². The van der Waals surface area contributed by atoms with Crippen LogP contribution in [0.15, 0.2) is 18.2 Å². The average Bonchev–Trinajstić information content (AvgIpc) is 2.57. The molecule has 0 bridgehead atoms. The molecule has 0 atom stereocenters. The van der Waals surface area contributed by atoms with Crippen LogP contribution in [0.25, 0.3) is 0 Å². The minimum Gasteiger partial charge on any atom is -0.371 e. The van der Waals surface area contributed by atoms with Gasteiger partial charge >= 0.3 is 0 Å². The van der Waals surface area contributed by atoms with Crippen LogP contribution in [0.4, 0.5) is 5.69 Å². The smallest absolute Gasteiger partial charge is 0.0425 e. The molecule has 2 rings (SSSR count). The molecule has 1 aromatic carbocycles. The Balaban J connectivity index is 2.37. The lowest BCUT2D eigenvalue weighted by molar-refractivity contribution is 0.949. The van der Waals surface area contributed by atoms with Gasteiger partial charge in [-0.2, -0.15) is 0 Å². The van der Waals surface area contributed by atoms with Crippen molar-refractivity contribution in [3.8, 4) is 0 Å². The van der Waals surface area contributed by atoms with Crippen molar-refractivity contribution in [1.29, 1.82) is 0 Å². The van der Waals surface area contributed by atoms with E-state index in [1.54, 1.807) is 0 Å². The zero-order valence-electron chi connectivity index (χ0n) is 8.51. The first-order valence-electron chi connectivity index (χ1n) is 5.10. The van der Waals surface area contributed by atoms with Gasteiger partial charge in [-0.3, -0.25) is 0 Å². The summed E-state index contributed by atoms with van der Waals surface area (Å²) in [5, 5.41) is 0. The maximum atomic E-state index is 2.52. The first-order chi connectivity index (χ1) is 6.29. The van der Waals surface area contributed by atoms with E-state index in [0.29, 0.717) is 0 Å². The number of nitrogens with zero attached hydrogens (tertiary/aromatic N) is 1. The molecule has 0 aliphatic carbocycles. The predicted octanol–water partition coefficient (Wildman–Crippen LogP) is 2.90. The third kappa shape index (κ3) is 1.55. The minimum atomic E-state index is 1.24. The van der Waals surface area contributed by atoms with Crippen LogP contribution in [-0.2, 0) is 0 Å². The van der Waals surface area contributed by atoms with Gasteiger partial charge in [-0.25, -0.2) is 0 Å². The summed E-state index contributed by atoms with van der Waals surface area (Å²) in [5.41, 5.74) is 4.31. The lowest BCUT2D eigenvalue weighted by Gasteiger charge is -2.22. The van der Waals surface area contributed by atoms with E-state index < -0.39 is 0 Å². The first kappa shape index (κ1) is 8.61. The van der Waals surface area contributed by atoms with Gasteiger partial charge in [0.15, 0.2) is 0 Å². The van der Waals surface area contributed by atoms with Gasteiger partial charge in [-0.05, 0) is 37.8 Å². The quantitative estimate of drug-likeness (QED) is 0.634. The molecular formula is C12H17N. The molecule has 0 N–H and O–H groups in total. The van der Waals surface area contributed by atoms with E-state index in [9.17, 15) is 0 Å². The molecule has 1 heteroatoms. The summed E-state index contributed by atoms with van der Waals surface area (Å²) in [5.74, 6) is 0. The zero-order chi connectivity index (χ0) is 9.26. The van der Waals surface area contributed by atoms with Gasteiger partial charge in [-0.1, -0.05) is 18.2 Å². The molecule has 1 aromatic rings. The number of rotatable bonds is 1. The van der Waals surface area contributed by atoms with E-state index in [0.717, 1.165) is 0 Å². The van der Waals surface area contributed by atoms with Gasteiger partial charge in [0.1, 0.15) is 0 Å². The molecule has 13 heavy (non-hydrogen) atoms. The van der Waals surface area contributed by atoms with E-state index in [4.69, 9.17) is 0 Å². The van der Waals surface area contributed by atoms with E-state index in [-0.39, 0.29) is 0 Å². The van der Waals surface area contributed by atoms with Crippen LogP contribution in [0.5, 0.6) is 0 Å². The molecule has 0 spiro atoms. The van der Waals surface area contributed by atoms with Crippen LogP contribution >= 0.6 is 0 Å². The van der Waals surface area contributed by atoms with Crippen LogP contribution < -0.4 is 4.90 Å². The van der Waals surface area contributed by atoms with Crippen molar-refractivity contribution in [2.45, 2.75) is 26.7 Å². The second-order valence-electron chi connectivity index (χ2n) is 3.93. The number of hydrogen-bond donors (Lipinski definition) is 0. The number of para-hydroxylation sites is 1. The Hall–Kier alpha value is -0.980. The van der Waals surface area contributed by atoms with Crippen LogP contribution in [0.1, 0.15) is 24.0 Å². The Bertz CT molecular complexity index is 278. The Morgan fingerprint density at radius 1 is 1.00 bits per heavy atom. The Labute approximate surface area is 80.4 Å². The molecule has 1 aliphatic rings. The lowest BCUT2D eigenvalue weighted by atomic mass is 10.1. The fourth-order valence-electron chi connectivity index (χ4n) is 2.25. The van der Waals surface area contributed by atoms with E-state index in [1.807, 2.05) is 0 Å². The highest BCUT2D eigenvalue weighted by Gasteiger charge is 2.15. The molecule has 1 fully saturated rings. The molecule has 70 valence electrons. The SMILES string of the molecule is Cc1cccc(C)c1N1CCCC1. The molecule has 0 radical (unpaired) electrons. The van der Waals surface area contributed by atoms with Crippen molar-refractivity contribution in [1.82, 2.24) is 0 Å². The van der Waals surface area contributed by atoms with Crippen molar-refractivity contribution < 1.29 is 0 Å². The van der Waals surface area contributed by atoms with Gasteiger partial charge in [0.05, 0.1) is 0 Å². The highest BCUT2D eigenvalue weighted by Crippen LogP contribution is 2.27. The molecule has 1 heterocycles. The van der Waals surface area contributed by atoms with Crippen molar-refractivity contribution in [2.75, 3.05) is 18.0 Å². The van der Waals surface area contributed by atoms with E-state index in [2.05, 4.69) is 36.9 Å². The molecule has 1 nitrogen and oxygen atoms in total. The fraction of sp³-hybridized carbons (Fsp3) is 0.500. The molecule has 1 aliphatic heterocycles. The van der Waals surface area contributed by atoms with Crippen molar-refractivity contribution in [3.05, 3.63) is 29.3 Å². The van der Waals surface area contributed by atoms with Crippen molar-refractivity contribution in [3.63, 3.8) is 0 Å². The standard InChI is InChI=1S/C12H17N/c1-10-6-5-7-11(2)12(10)13-8-3-4-9-13/h5-7H,3-4,8-9H2,1-2H3. The topological polar surface area (TPSA) is 3.24 Å². The Morgan fingerprint density at radius 2 is 1.54 bits per heavy atom. The van der Waals surface area contributed by atoms with E-state index >= 15 is 0 Å². The van der Waals surface area contributed by atoms with Crippen LogP contribution in [-0.4, -0.2) is 13.1 Å². The van der Waals surface area contributed by atoms with Crippen LogP contribution in [0.2, 0.25) is 0 Å². The second-order valence-corrected chi connectivity index (χ2v) is 3.93. The number of anilines is 1. The number of benzene rings is 1. The summed E-state index contributed by atoms with van der Waals surface area (Å²) in [6.45, 7) is 6.90. The van der Waals surface area contributed by atoms with Gasteiger partial charge in [0.2, 0.25) is 0 Å². The summed E-state index contributed by atoms with van der Waals surface area (Å²) in [4.78, 5) is 2.52. The summed E-state index contributed by atoms with van der Waals surface area (Å²) in [7, 11) is 0. The number of hydrogen-bond acceptors (Lipinski definition) is 1. The Morgan fingerprint density at radius 3 is 2.08 bits per heavy atom. The molecular weight excluding hydrogens is 158 g/mol. The Kier molecular flexibility index (Phi) is 2.26. The predicted molar refractivity (Wildman–Crippen MR) is 57.4 cm³/mol. The molecule has 1 saturated heterocycles. The zero-order valence-corrected chi connectivity index (χ0v) is 8.51. The second kappa shape index (κ2) is 3.41. The molecule has 0 aromatic heterocycles. The monoisotopic (exact) mass is 175 g/mol. The maximum Gasteiger partial charge on any atom is 0.0425 e. The summed E-state index contributed by atoms with van der Waals surface area (Å²) >= 11 is 0.